The normalized spacial score (nSPS) is 18.2. The molecule has 0 spiro atoms. The highest BCUT2D eigenvalue weighted by molar-refractivity contribution is 14.2. The van der Waals surface area contributed by atoms with Crippen molar-refractivity contribution in [3.63, 3.8) is 0 Å². The maximum absolute atomic E-state index is 3.52. The molecule has 86 valence electrons. The first-order valence-electron chi connectivity index (χ1n) is 5.34. The molecular formula is C12H15IN2S. The molecule has 1 aromatic rings. The van der Waals surface area contributed by atoms with E-state index in [-0.39, 0.29) is 0 Å². The third-order valence-corrected chi connectivity index (χ3v) is 4.87. The summed E-state index contributed by atoms with van der Waals surface area (Å²) < 4.78 is 2.35. The molecule has 0 saturated carbocycles. The van der Waals surface area contributed by atoms with Gasteiger partial charge in [0.25, 0.3) is 0 Å². The molecule has 0 amide bonds. The van der Waals surface area contributed by atoms with Gasteiger partial charge in [-0.1, -0.05) is 24.3 Å². The minimum absolute atomic E-state index is 0.413. The van der Waals surface area contributed by atoms with Gasteiger partial charge < -0.3 is 5.32 Å². The smallest absolute Gasteiger partial charge is 0.0458 e. The second kappa shape index (κ2) is 5.93. The minimum Gasteiger partial charge on any atom is -0.379 e. The average Bonchev–Trinajstić information content (AvgIpc) is 2.79. The van der Waals surface area contributed by atoms with E-state index in [4.69, 9.17) is 0 Å². The van der Waals surface area contributed by atoms with Gasteiger partial charge >= 0.3 is 0 Å². The molecule has 1 atom stereocenters. The number of anilines is 1. The van der Waals surface area contributed by atoms with Crippen LogP contribution in [0.2, 0.25) is 0 Å². The van der Waals surface area contributed by atoms with Crippen molar-refractivity contribution in [3.8, 4) is 0 Å². The lowest BCUT2D eigenvalue weighted by Gasteiger charge is -2.18. The Bertz CT molecular complexity index is 367. The van der Waals surface area contributed by atoms with E-state index in [0.717, 1.165) is 13.1 Å². The Labute approximate surface area is 113 Å². The first-order chi connectivity index (χ1) is 7.79. The fourth-order valence-electron chi connectivity index (χ4n) is 1.80. The largest absolute Gasteiger partial charge is 0.379 e. The third-order valence-electron chi connectivity index (χ3n) is 2.73. The lowest BCUT2D eigenvalue weighted by molar-refractivity contribution is 0.599. The summed E-state index contributed by atoms with van der Waals surface area (Å²) in [6, 6.07) is 10.8. The first kappa shape index (κ1) is 12.3. The Morgan fingerprint density at radius 2 is 2.12 bits per heavy atom. The summed E-state index contributed by atoms with van der Waals surface area (Å²) in [5, 5.41) is 3.52. The van der Waals surface area contributed by atoms with Crippen molar-refractivity contribution in [3.05, 3.63) is 42.0 Å². The zero-order valence-electron chi connectivity index (χ0n) is 9.19. The van der Waals surface area contributed by atoms with Crippen molar-refractivity contribution in [1.29, 1.82) is 0 Å². The lowest BCUT2D eigenvalue weighted by Crippen LogP contribution is -2.21. The molecule has 4 heteroatoms. The number of benzene rings is 1. The predicted molar refractivity (Wildman–Crippen MR) is 80.8 cm³/mol. The Balaban J connectivity index is 1.92. The second-order valence-electron chi connectivity index (χ2n) is 3.90. The molecule has 1 aliphatic rings. The predicted octanol–water partition coefficient (Wildman–Crippen LogP) is 3.73. The van der Waals surface area contributed by atoms with Crippen molar-refractivity contribution in [2.45, 2.75) is 13.0 Å². The summed E-state index contributed by atoms with van der Waals surface area (Å²) >= 11 is 2.34. The monoisotopic (exact) mass is 346 g/mol. The molecule has 2 rings (SSSR count). The summed E-state index contributed by atoms with van der Waals surface area (Å²) in [4.78, 5) is 0. The fraction of sp³-hybridized carbons (Fsp3) is 0.333. The maximum atomic E-state index is 3.52. The van der Waals surface area contributed by atoms with Gasteiger partial charge in [-0.05, 0) is 33.7 Å². The van der Waals surface area contributed by atoms with Crippen LogP contribution >= 0.6 is 30.3 Å². The van der Waals surface area contributed by atoms with E-state index < -0.39 is 0 Å². The van der Waals surface area contributed by atoms with Gasteiger partial charge in [-0.15, -0.1) is 0 Å². The van der Waals surface area contributed by atoms with Gasteiger partial charge in [-0.3, -0.25) is 0 Å². The summed E-state index contributed by atoms with van der Waals surface area (Å²) in [5.41, 5.74) is 2.67. The molecule has 1 N–H and O–H groups in total. The van der Waals surface area contributed by atoms with E-state index >= 15 is 0 Å². The van der Waals surface area contributed by atoms with Crippen LogP contribution in [0.1, 0.15) is 6.92 Å². The molecule has 16 heavy (non-hydrogen) atoms. The molecular weight excluding hydrogens is 331 g/mol. The molecule has 0 aliphatic carbocycles. The first-order valence-corrected chi connectivity index (χ1v) is 8.65. The quantitative estimate of drug-likeness (QED) is 0.508. The number of nitrogens with zero attached hydrogens (tertiary/aromatic N) is 1. The number of hydrogen-bond acceptors (Lipinski definition) is 3. The Morgan fingerprint density at radius 3 is 2.75 bits per heavy atom. The Morgan fingerprint density at radius 1 is 1.38 bits per heavy atom. The summed E-state index contributed by atoms with van der Waals surface area (Å²) in [6.45, 7) is 4.35. The Kier molecular flexibility index (Phi) is 4.55. The van der Waals surface area contributed by atoms with Crippen LogP contribution in [0.5, 0.6) is 0 Å². The zero-order valence-corrected chi connectivity index (χ0v) is 12.2. The SMILES string of the molecule is CC(Nc1ccccc1)C1=CCN(SI)C1. The van der Waals surface area contributed by atoms with Gasteiger partial charge in [0.1, 0.15) is 0 Å². The highest BCUT2D eigenvalue weighted by Gasteiger charge is 2.18. The molecule has 0 saturated heterocycles. The van der Waals surface area contributed by atoms with Crippen molar-refractivity contribution in [2.75, 3.05) is 18.4 Å². The van der Waals surface area contributed by atoms with Crippen molar-refractivity contribution in [1.82, 2.24) is 4.31 Å². The van der Waals surface area contributed by atoms with Gasteiger partial charge in [0.05, 0.1) is 0 Å². The standard InChI is InChI=1S/C12H15IN2S/c1-10(11-7-8-15(9-11)16-13)14-12-5-3-2-4-6-12/h2-7,10,14H,8-9H2,1H3. The molecule has 1 aliphatic heterocycles. The van der Waals surface area contributed by atoms with Gasteiger partial charge in [-0.2, -0.15) is 0 Å². The van der Waals surface area contributed by atoms with Crippen LogP contribution in [-0.4, -0.2) is 23.4 Å². The zero-order chi connectivity index (χ0) is 11.4. The lowest BCUT2D eigenvalue weighted by atomic mass is 10.1. The number of nitrogens with one attached hydrogen (secondary N) is 1. The van der Waals surface area contributed by atoms with Gasteiger partial charge in [-0.25, -0.2) is 4.31 Å². The van der Waals surface area contributed by atoms with E-state index in [9.17, 15) is 0 Å². The second-order valence-corrected chi connectivity index (χ2v) is 5.74. The van der Waals surface area contributed by atoms with E-state index in [1.807, 2.05) is 6.07 Å². The molecule has 0 fully saturated rings. The Hall–Kier alpha value is -0.200. The van der Waals surface area contributed by atoms with Crippen LogP contribution < -0.4 is 5.32 Å². The fourth-order valence-corrected chi connectivity index (χ4v) is 3.02. The minimum atomic E-state index is 0.413. The van der Waals surface area contributed by atoms with Gasteiger partial charge in [0.2, 0.25) is 0 Å². The maximum Gasteiger partial charge on any atom is 0.0458 e. The van der Waals surface area contributed by atoms with E-state index in [1.54, 1.807) is 9.12 Å². The highest BCUT2D eigenvalue weighted by atomic mass is 127. The summed E-state index contributed by atoms with van der Waals surface area (Å²) in [7, 11) is 1.78. The molecule has 0 bridgehead atoms. The molecule has 1 heterocycles. The average molecular weight is 346 g/mol. The molecule has 1 aromatic carbocycles. The molecule has 2 nitrogen and oxygen atoms in total. The van der Waals surface area contributed by atoms with Crippen LogP contribution in [-0.2, 0) is 0 Å². The van der Waals surface area contributed by atoms with Gasteiger partial charge in [0.15, 0.2) is 0 Å². The van der Waals surface area contributed by atoms with Crippen LogP contribution in [0.4, 0.5) is 5.69 Å². The van der Waals surface area contributed by atoms with E-state index in [2.05, 4.69) is 68.1 Å². The molecule has 0 radical (unpaired) electrons. The number of halogens is 1. The van der Waals surface area contributed by atoms with Crippen LogP contribution in [0.25, 0.3) is 0 Å². The van der Waals surface area contributed by atoms with E-state index in [1.165, 1.54) is 11.3 Å². The van der Waals surface area contributed by atoms with Gasteiger partial charge in [0, 0.05) is 46.0 Å². The summed E-state index contributed by atoms with van der Waals surface area (Å²) in [6.07, 6.45) is 2.33. The van der Waals surface area contributed by atoms with Crippen molar-refractivity contribution >= 4 is 36.0 Å². The molecule has 1 unspecified atom stereocenters. The molecule has 0 aromatic heterocycles. The van der Waals surface area contributed by atoms with Crippen LogP contribution in [0, 0.1) is 0 Å². The van der Waals surface area contributed by atoms with Crippen molar-refractivity contribution < 1.29 is 0 Å². The van der Waals surface area contributed by atoms with Crippen molar-refractivity contribution in [2.24, 2.45) is 0 Å². The van der Waals surface area contributed by atoms with E-state index in [0.29, 0.717) is 6.04 Å². The van der Waals surface area contributed by atoms with Crippen LogP contribution in [0.3, 0.4) is 0 Å². The number of rotatable bonds is 4. The number of para-hydroxylation sites is 1. The third kappa shape index (κ3) is 3.15. The highest BCUT2D eigenvalue weighted by Crippen LogP contribution is 2.26. The van der Waals surface area contributed by atoms with Crippen LogP contribution in [0.15, 0.2) is 42.0 Å². The summed E-state index contributed by atoms with van der Waals surface area (Å²) in [5.74, 6) is 0. The topological polar surface area (TPSA) is 15.3 Å². The number of hydrogen-bond donors (Lipinski definition) is 1.